The smallest absolute Gasteiger partial charge is 0.251 e. The molecule has 37 heavy (non-hydrogen) atoms. The molecule has 1 saturated carbocycles. The summed E-state index contributed by atoms with van der Waals surface area (Å²) in [5.74, 6) is 2.04. The third-order valence-electron chi connectivity index (χ3n) is 7.49. The zero-order valence-electron chi connectivity index (χ0n) is 21.6. The lowest BCUT2D eigenvalue weighted by atomic mass is 9.82. The minimum Gasteiger partial charge on any atom is -0.348 e. The maximum atomic E-state index is 13.0. The Morgan fingerprint density at radius 2 is 1.78 bits per heavy atom. The van der Waals surface area contributed by atoms with E-state index in [0.717, 1.165) is 23.6 Å². The van der Waals surface area contributed by atoms with Crippen molar-refractivity contribution in [1.29, 1.82) is 0 Å². The molecule has 8 heteroatoms. The first kappa shape index (κ1) is 25.4. The van der Waals surface area contributed by atoms with Crippen LogP contribution in [0.4, 0.5) is 5.95 Å². The molecule has 2 aliphatic rings. The molecule has 3 aromatic rings. The maximum absolute atomic E-state index is 13.0. The summed E-state index contributed by atoms with van der Waals surface area (Å²) in [7, 11) is -3.24. The number of hydrogen-bond donors (Lipinski definition) is 1. The number of sulfone groups is 1. The summed E-state index contributed by atoms with van der Waals surface area (Å²) in [5, 5.41) is 2.97. The predicted octanol–water partition coefficient (Wildman–Crippen LogP) is 4.84. The molecule has 1 N–H and O–H groups in total. The summed E-state index contributed by atoms with van der Waals surface area (Å²) in [6.45, 7) is 7.92. The Hall–Kier alpha value is -3.26. The van der Waals surface area contributed by atoms with Gasteiger partial charge in [0.15, 0.2) is 9.84 Å². The number of aromatic nitrogens is 2. The van der Waals surface area contributed by atoms with E-state index in [1.165, 1.54) is 24.0 Å². The second-order valence-corrected chi connectivity index (χ2v) is 12.7. The third kappa shape index (κ3) is 5.54. The van der Waals surface area contributed by atoms with Crippen molar-refractivity contribution in [2.45, 2.75) is 63.4 Å². The first-order valence-electron chi connectivity index (χ1n) is 13.0. The molecule has 2 heterocycles. The standard InChI is InChI=1S/C29H34N4O3S/c1-4-37(35,36)25-10-5-20(6-11-25)14-30-28(34)22-9-12-26-23(13-22)17-33(18-27(26)19(2)3)29-31-15-24(16-32-29)21-7-8-21/h5-6,9-13,15-16,19,21,27H,4,7-8,14,17-18H2,1-3H3,(H,30,34)/t27-/m0/s1. The molecule has 5 rings (SSSR count). The Kier molecular flexibility index (Phi) is 7.03. The summed E-state index contributed by atoms with van der Waals surface area (Å²) in [4.78, 5) is 24.9. The number of nitrogens with zero attached hydrogens (tertiary/aromatic N) is 3. The highest BCUT2D eigenvalue weighted by Crippen LogP contribution is 2.40. The van der Waals surface area contributed by atoms with Gasteiger partial charge in [-0.05, 0) is 71.2 Å². The molecule has 0 spiro atoms. The van der Waals surface area contributed by atoms with Gasteiger partial charge in [0.25, 0.3) is 5.91 Å². The minimum atomic E-state index is -3.24. The fourth-order valence-electron chi connectivity index (χ4n) is 4.96. The molecule has 0 unspecified atom stereocenters. The number of benzene rings is 2. The van der Waals surface area contributed by atoms with Crippen LogP contribution in [-0.4, -0.2) is 36.6 Å². The minimum absolute atomic E-state index is 0.0639. The molecule has 1 aromatic heterocycles. The maximum Gasteiger partial charge on any atom is 0.251 e. The van der Waals surface area contributed by atoms with Crippen molar-refractivity contribution in [2.75, 3.05) is 17.2 Å². The molecule has 1 aliphatic carbocycles. The van der Waals surface area contributed by atoms with Gasteiger partial charge in [-0.15, -0.1) is 0 Å². The lowest BCUT2D eigenvalue weighted by Crippen LogP contribution is -2.37. The summed E-state index contributed by atoms with van der Waals surface area (Å²) >= 11 is 0. The molecule has 1 aliphatic heterocycles. The Morgan fingerprint density at radius 1 is 1.08 bits per heavy atom. The van der Waals surface area contributed by atoms with E-state index in [1.54, 1.807) is 31.2 Å². The fraction of sp³-hybridized carbons (Fsp3) is 0.414. The molecule has 0 bridgehead atoms. The topological polar surface area (TPSA) is 92.3 Å². The Labute approximate surface area is 219 Å². The molecule has 0 saturated heterocycles. The Balaban J connectivity index is 1.30. The van der Waals surface area contributed by atoms with Crippen molar-refractivity contribution >= 4 is 21.7 Å². The van der Waals surface area contributed by atoms with Crippen molar-refractivity contribution in [3.05, 3.63) is 82.7 Å². The van der Waals surface area contributed by atoms with Crippen LogP contribution in [0, 0.1) is 5.92 Å². The molecule has 194 valence electrons. The van der Waals surface area contributed by atoms with Crippen LogP contribution in [0.15, 0.2) is 59.8 Å². The van der Waals surface area contributed by atoms with Crippen molar-refractivity contribution in [2.24, 2.45) is 5.92 Å². The van der Waals surface area contributed by atoms with E-state index >= 15 is 0 Å². The molecular formula is C29H34N4O3S. The van der Waals surface area contributed by atoms with E-state index in [0.29, 0.717) is 41.3 Å². The largest absolute Gasteiger partial charge is 0.348 e. The Morgan fingerprint density at radius 3 is 2.41 bits per heavy atom. The average Bonchev–Trinajstić information content (AvgIpc) is 3.77. The highest BCUT2D eigenvalue weighted by molar-refractivity contribution is 7.91. The zero-order valence-corrected chi connectivity index (χ0v) is 22.5. The van der Waals surface area contributed by atoms with Crippen molar-refractivity contribution in [1.82, 2.24) is 15.3 Å². The van der Waals surface area contributed by atoms with Crippen LogP contribution >= 0.6 is 0 Å². The van der Waals surface area contributed by atoms with Crippen LogP contribution in [0.1, 0.15) is 78.1 Å². The molecule has 1 amide bonds. The number of amides is 1. The second-order valence-electron chi connectivity index (χ2n) is 10.5. The van der Waals surface area contributed by atoms with E-state index in [1.807, 2.05) is 24.5 Å². The summed E-state index contributed by atoms with van der Waals surface area (Å²) < 4.78 is 24.0. The monoisotopic (exact) mass is 518 g/mol. The molecule has 1 atom stereocenters. The zero-order chi connectivity index (χ0) is 26.2. The summed E-state index contributed by atoms with van der Waals surface area (Å²) in [5.41, 5.74) is 5.09. The Bertz CT molecular complexity index is 1380. The number of carbonyl (C=O) groups excluding carboxylic acids is 1. The first-order valence-corrected chi connectivity index (χ1v) is 14.7. The van der Waals surface area contributed by atoms with Gasteiger partial charge in [-0.3, -0.25) is 4.79 Å². The van der Waals surface area contributed by atoms with Gasteiger partial charge < -0.3 is 10.2 Å². The van der Waals surface area contributed by atoms with E-state index in [4.69, 9.17) is 0 Å². The first-order chi connectivity index (χ1) is 17.7. The van der Waals surface area contributed by atoms with Gasteiger partial charge in [-0.1, -0.05) is 39.0 Å². The number of carbonyl (C=O) groups is 1. The van der Waals surface area contributed by atoms with Gasteiger partial charge >= 0.3 is 0 Å². The number of nitrogens with one attached hydrogen (secondary N) is 1. The summed E-state index contributed by atoms with van der Waals surface area (Å²) in [6.07, 6.45) is 6.39. The average molecular weight is 519 g/mol. The van der Waals surface area contributed by atoms with Crippen LogP contribution < -0.4 is 10.2 Å². The molecule has 1 fully saturated rings. The second kappa shape index (κ2) is 10.2. The van der Waals surface area contributed by atoms with E-state index in [-0.39, 0.29) is 11.7 Å². The highest BCUT2D eigenvalue weighted by atomic mass is 32.2. The van der Waals surface area contributed by atoms with Gasteiger partial charge in [0.05, 0.1) is 10.6 Å². The van der Waals surface area contributed by atoms with Gasteiger partial charge in [-0.2, -0.15) is 0 Å². The van der Waals surface area contributed by atoms with Crippen LogP contribution in [0.3, 0.4) is 0 Å². The van der Waals surface area contributed by atoms with Crippen LogP contribution in [0.25, 0.3) is 0 Å². The van der Waals surface area contributed by atoms with Crippen molar-refractivity contribution in [3.63, 3.8) is 0 Å². The highest BCUT2D eigenvalue weighted by Gasteiger charge is 2.30. The number of fused-ring (bicyclic) bond motifs is 1. The van der Waals surface area contributed by atoms with Gasteiger partial charge in [-0.25, -0.2) is 18.4 Å². The lowest BCUT2D eigenvalue weighted by molar-refractivity contribution is 0.0950. The SMILES string of the molecule is CCS(=O)(=O)c1ccc(CNC(=O)c2ccc3c(c2)CN(c2ncc(C4CC4)cn2)C[C@H]3C(C)C)cc1. The lowest BCUT2D eigenvalue weighted by Gasteiger charge is -2.37. The van der Waals surface area contributed by atoms with Gasteiger partial charge in [0.1, 0.15) is 0 Å². The van der Waals surface area contributed by atoms with Crippen molar-refractivity contribution < 1.29 is 13.2 Å². The van der Waals surface area contributed by atoms with E-state index in [2.05, 4.69) is 40.1 Å². The fourth-order valence-corrected chi connectivity index (χ4v) is 5.85. The van der Waals surface area contributed by atoms with E-state index < -0.39 is 9.84 Å². The number of anilines is 1. The van der Waals surface area contributed by atoms with Crippen LogP contribution in [0.5, 0.6) is 0 Å². The molecule has 2 aromatic carbocycles. The van der Waals surface area contributed by atoms with Gasteiger partial charge in [0.2, 0.25) is 5.95 Å². The van der Waals surface area contributed by atoms with Gasteiger partial charge in [0, 0.05) is 43.5 Å². The van der Waals surface area contributed by atoms with Crippen LogP contribution in [-0.2, 0) is 22.9 Å². The summed E-state index contributed by atoms with van der Waals surface area (Å²) in [6, 6.07) is 12.7. The molecular weight excluding hydrogens is 484 g/mol. The predicted molar refractivity (Wildman–Crippen MR) is 144 cm³/mol. The normalized spacial score (nSPS) is 17.5. The molecule has 7 nitrogen and oxygen atoms in total. The van der Waals surface area contributed by atoms with E-state index in [9.17, 15) is 13.2 Å². The van der Waals surface area contributed by atoms with Crippen LogP contribution in [0.2, 0.25) is 0 Å². The number of hydrogen-bond acceptors (Lipinski definition) is 6. The van der Waals surface area contributed by atoms with Crippen molar-refractivity contribution in [3.8, 4) is 0 Å². The third-order valence-corrected chi connectivity index (χ3v) is 9.24. The molecule has 0 radical (unpaired) electrons. The number of rotatable bonds is 8. The quantitative estimate of drug-likeness (QED) is 0.459.